The molecule has 0 spiro atoms. The number of hydrogen-bond donors (Lipinski definition) is 0. The lowest BCUT2D eigenvalue weighted by Crippen LogP contribution is -2.32. The average molecular weight is 371 g/mol. The van der Waals surface area contributed by atoms with Gasteiger partial charge in [0, 0.05) is 28.9 Å². The number of benzene rings is 2. The topological polar surface area (TPSA) is 33.2 Å². The summed E-state index contributed by atoms with van der Waals surface area (Å²) in [6.07, 6.45) is 1.27. The number of aromatic nitrogens is 1. The smallest absolute Gasteiger partial charge is 0.228 e. The number of carbonyl (C=O) groups excluding carboxylic acids is 1. The molecular formula is C20H19ClN2OS. The molecule has 0 saturated carbocycles. The highest BCUT2D eigenvalue weighted by molar-refractivity contribution is 7.14. The van der Waals surface area contributed by atoms with Crippen LogP contribution in [0.15, 0.2) is 60.0 Å². The summed E-state index contributed by atoms with van der Waals surface area (Å²) in [5.41, 5.74) is 3.08. The Labute approximate surface area is 156 Å². The second-order valence-corrected chi connectivity index (χ2v) is 6.93. The fourth-order valence-electron chi connectivity index (χ4n) is 2.54. The minimum atomic E-state index is 0.0907. The first kappa shape index (κ1) is 17.6. The minimum absolute atomic E-state index is 0.0907. The Kier molecular flexibility index (Phi) is 5.84. The van der Waals surface area contributed by atoms with Gasteiger partial charge in [0.2, 0.25) is 5.91 Å². The number of thiazole rings is 1. The Morgan fingerprint density at radius 3 is 2.52 bits per heavy atom. The molecule has 0 saturated heterocycles. The van der Waals surface area contributed by atoms with E-state index in [1.54, 1.807) is 4.90 Å². The molecule has 5 heteroatoms. The van der Waals surface area contributed by atoms with Crippen LogP contribution in [0, 0.1) is 0 Å². The van der Waals surface area contributed by atoms with Gasteiger partial charge in [-0.1, -0.05) is 61.0 Å². The lowest BCUT2D eigenvalue weighted by molar-refractivity contribution is -0.118. The van der Waals surface area contributed by atoms with Crippen LogP contribution in [0.25, 0.3) is 11.3 Å². The van der Waals surface area contributed by atoms with Crippen molar-refractivity contribution in [3.8, 4) is 11.3 Å². The fourth-order valence-corrected chi connectivity index (χ4v) is 3.55. The first-order valence-corrected chi connectivity index (χ1v) is 9.49. The van der Waals surface area contributed by atoms with E-state index in [0.29, 0.717) is 18.0 Å². The molecule has 3 rings (SSSR count). The average Bonchev–Trinajstić information content (AvgIpc) is 3.13. The van der Waals surface area contributed by atoms with Crippen molar-refractivity contribution < 1.29 is 4.79 Å². The Morgan fingerprint density at radius 2 is 1.84 bits per heavy atom. The minimum Gasteiger partial charge on any atom is -0.288 e. The van der Waals surface area contributed by atoms with Gasteiger partial charge in [-0.15, -0.1) is 11.3 Å². The van der Waals surface area contributed by atoms with Crippen LogP contribution in [0.4, 0.5) is 5.13 Å². The molecule has 25 heavy (non-hydrogen) atoms. The zero-order chi connectivity index (χ0) is 17.6. The van der Waals surface area contributed by atoms with Gasteiger partial charge in [0.25, 0.3) is 0 Å². The normalized spacial score (nSPS) is 10.6. The molecule has 128 valence electrons. The summed E-state index contributed by atoms with van der Waals surface area (Å²) in [4.78, 5) is 18.9. The van der Waals surface area contributed by atoms with Gasteiger partial charge in [-0.3, -0.25) is 9.69 Å². The quantitative estimate of drug-likeness (QED) is 0.578. The van der Waals surface area contributed by atoms with E-state index in [2.05, 4.69) is 17.1 Å². The van der Waals surface area contributed by atoms with Gasteiger partial charge in [-0.05, 0) is 24.1 Å². The first-order valence-electron chi connectivity index (χ1n) is 8.23. The lowest BCUT2D eigenvalue weighted by atomic mass is 10.1. The molecule has 0 N–H and O–H groups in total. The van der Waals surface area contributed by atoms with Gasteiger partial charge in [-0.2, -0.15) is 0 Å². The molecule has 3 aromatic rings. The van der Waals surface area contributed by atoms with E-state index in [0.717, 1.165) is 22.8 Å². The lowest BCUT2D eigenvalue weighted by Gasteiger charge is -2.19. The number of carbonyl (C=O) groups is 1. The molecule has 0 fully saturated rings. The van der Waals surface area contributed by atoms with Gasteiger partial charge in [0.05, 0.1) is 5.69 Å². The summed E-state index contributed by atoms with van der Waals surface area (Å²) in [5, 5.41) is 3.43. The third-order valence-corrected chi connectivity index (χ3v) is 5.05. The van der Waals surface area contributed by atoms with Gasteiger partial charge in [0.1, 0.15) is 0 Å². The van der Waals surface area contributed by atoms with E-state index in [1.165, 1.54) is 16.9 Å². The highest BCUT2D eigenvalue weighted by atomic mass is 35.5. The number of rotatable bonds is 6. The van der Waals surface area contributed by atoms with Crippen LogP contribution in [-0.2, 0) is 11.2 Å². The predicted molar refractivity (Wildman–Crippen MR) is 105 cm³/mol. The van der Waals surface area contributed by atoms with Crippen molar-refractivity contribution in [3.63, 3.8) is 0 Å². The number of hydrogen-bond acceptors (Lipinski definition) is 3. The Hall–Kier alpha value is -2.17. The summed E-state index contributed by atoms with van der Waals surface area (Å²) >= 11 is 7.44. The molecule has 1 heterocycles. The summed E-state index contributed by atoms with van der Waals surface area (Å²) < 4.78 is 0. The molecule has 0 aliphatic rings. The molecule has 2 aromatic carbocycles. The van der Waals surface area contributed by atoms with Gasteiger partial charge in [0.15, 0.2) is 5.13 Å². The van der Waals surface area contributed by atoms with Gasteiger partial charge >= 0.3 is 0 Å². The molecule has 1 aromatic heterocycles. The Bertz CT molecular complexity index is 830. The molecule has 0 radical (unpaired) electrons. The highest BCUT2D eigenvalue weighted by Crippen LogP contribution is 2.28. The maximum Gasteiger partial charge on any atom is 0.228 e. The van der Waals surface area contributed by atoms with E-state index in [4.69, 9.17) is 11.6 Å². The zero-order valence-corrected chi connectivity index (χ0v) is 15.6. The van der Waals surface area contributed by atoms with Gasteiger partial charge < -0.3 is 0 Å². The molecule has 3 nitrogen and oxygen atoms in total. The largest absolute Gasteiger partial charge is 0.288 e. The van der Waals surface area contributed by atoms with E-state index in [9.17, 15) is 4.79 Å². The van der Waals surface area contributed by atoms with Crippen molar-refractivity contribution in [1.82, 2.24) is 4.98 Å². The summed E-state index contributed by atoms with van der Waals surface area (Å²) in [6.45, 7) is 2.51. The molecule has 0 aliphatic heterocycles. The van der Waals surface area contributed by atoms with Crippen molar-refractivity contribution >= 4 is 34.0 Å². The highest BCUT2D eigenvalue weighted by Gasteiger charge is 2.18. The third kappa shape index (κ3) is 4.47. The van der Waals surface area contributed by atoms with E-state index in [-0.39, 0.29) is 5.91 Å². The van der Waals surface area contributed by atoms with E-state index in [1.807, 2.05) is 54.8 Å². The molecular weight excluding hydrogens is 352 g/mol. The zero-order valence-electron chi connectivity index (χ0n) is 14.0. The maximum absolute atomic E-state index is 12.4. The number of halogens is 1. The second-order valence-electron chi connectivity index (χ2n) is 5.66. The van der Waals surface area contributed by atoms with Crippen LogP contribution in [0.3, 0.4) is 0 Å². The molecule has 0 aliphatic carbocycles. The summed E-state index contributed by atoms with van der Waals surface area (Å²) in [7, 11) is 0. The SMILES string of the molecule is CCC(=O)N(CCc1ccccc1)c1nc(-c2ccc(Cl)cc2)cs1. The van der Waals surface area contributed by atoms with Crippen molar-refractivity contribution in [1.29, 1.82) is 0 Å². The maximum atomic E-state index is 12.4. The van der Waals surface area contributed by atoms with Crippen LogP contribution in [-0.4, -0.2) is 17.4 Å². The molecule has 0 atom stereocenters. The molecule has 0 unspecified atom stereocenters. The van der Waals surface area contributed by atoms with E-state index < -0.39 is 0 Å². The summed E-state index contributed by atoms with van der Waals surface area (Å²) in [6, 6.07) is 17.8. The Balaban J connectivity index is 1.79. The number of anilines is 1. The fraction of sp³-hybridized carbons (Fsp3) is 0.200. The van der Waals surface area contributed by atoms with Crippen LogP contribution >= 0.6 is 22.9 Å². The van der Waals surface area contributed by atoms with Gasteiger partial charge in [-0.25, -0.2) is 4.98 Å². The van der Waals surface area contributed by atoms with Crippen LogP contribution in [0.5, 0.6) is 0 Å². The van der Waals surface area contributed by atoms with Crippen molar-refractivity contribution in [2.45, 2.75) is 19.8 Å². The monoisotopic (exact) mass is 370 g/mol. The second kappa shape index (κ2) is 8.28. The molecule has 0 bridgehead atoms. The van der Waals surface area contributed by atoms with Crippen LogP contribution < -0.4 is 4.90 Å². The number of nitrogens with zero attached hydrogens (tertiary/aromatic N) is 2. The molecule has 1 amide bonds. The first-order chi connectivity index (χ1) is 12.2. The van der Waals surface area contributed by atoms with Crippen LogP contribution in [0.1, 0.15) is 18.9 Å². The van der Waals surface area contributed by atoms with Crippen molar-refractivity contribution in [3.05, 3.63) is 70.6 Å². The summed E-state index contributed by atoms with van der Waals surface area (Å²) in [5.74, 6) is 0.0907. The predicted octanol–water partition coefficient (Wildman–Crippen LogP) is 5.45. The third-order valence-electron chi connectivity index (χ3n) is 3.93. The Morgan fingerprint density at radius 1 is 1.12 bits per heavy atom. The van der Waals surface area contributed by atoms with Crippen molar-refractivity contribution in [2.75, 3.05) is 11.4 Å². The van der Waals surface area contributed by atoms with Crippen LogP contribution in [0.2, 0.25) is 5.02 Å². The van der Waals surface area contributed by atoms with Crippen molar-refractivity contribution in [2.24, 2.45) is 0 Å². The standard InChI is InChI=1S/C20H19ClN2OS/c1-2-19(24)23(13-12-15-6-4-3-5-7-15)20-22-18(14-25-20)16-8-10-17(21)11-9-16/h3-11,14H,2,12-13H2,1H3. The van der Waals surface area contributed by atoms with E-state index >= 15 is 0 Å². The number of amides is 1.